The third-order valence-electron chi connectivity index (χ3n) is 4.51. The normalized spacial score (nSPS) is 19.6. The van der Waals surface area contributed by atoms with Crippen LogP contribution in [0.2, 0.25) is 0 Å². The summed E-state index contributed by atoms with van der Waals surface area (Å²) in [6, 6.07) is 10.4. The van der Waals surface area contributed by atoms with Gasteiger partial charge in [-0.2, -0.15) is 4.98 Å². The lowest BCUT2D eigenvalue weighted by Crippen LogP contribution is -2.15. The van der Waals surface area contributed by atoms with Crippen LogP contribution in [0.5, 0.6) is 0 Å². The van der Waals surface area contributed by atoms with Crippen LogP contribution in [0, 0.1) is 5.92 Å². The summed E-state index contributed by atoms with van der Waals surface area (Å²) in [5.74, 6) is 1.57. The van der Waals surface area contributed by atoms with Gasteiger partial charge in [-0.25, -0.2) is 9.50 Å². The molecule has 0 bridgehead atoms. The van der Waals surface area contributed by atoms with E-state index in [-0.39, 0.29) is 11.8 Å². The highest BCUT2D eigenvalue weighted by Gasteiger charge is 2.44. The van der Waals surface area contributed by atoms with Gasteiger partial charge in [0.15, 0.2) is 0 Å². The summed E-state index contributed by atoms with van der Waals surface area (Å²) in [4.78, 5) is 20.7. The van der Waals surface area contributed by atoms with E-state index in [2.05, 4.69) is 58.5 Å². The first-order chi connectivity index (χ1) is 11.6. The van der Waals surface area contributed by atoms with E-state index in [0.717, 1.165) is 6.42 Å². The molecule has 3 aromatic rings. The van der Waals surface area contributed by atoms with Gasteiger partial charge in [0.1, 0.15) is 0 Å². The van der Waals surface area contributed by atoms with E-state index >= 15 is 0 Å². The molecule has 1 aromatic carbocycles. The minimum absolute atomic E-state index is 0.00512. The molecule has 1 amide bonds. The van der Waals surface area contributed by atoms with Gasteiger partial charge in [0.25, 0.3) is 11.7 Å². The number of anilines is 1. The van der Waals surface area contributed by atoms with Crippen LogP contribution >= 0.6 is 0 Å². The summed E-state index contributed by atoms with van der Waals surface area (Å²) in [5.41, 5.74) is 2.55. The summed E-state index contributed by atoms with van der Waals surface area (Å²) in [7, 11) is 0. The summed E-state index contributed by atoms with van der Waals surface area (Å²) < 4.78 is 1.55. The average molecular weight is 321 g/mol. The molecule has 1 saturated carbocycles. The van der Waals surface area contributed by atoms with Gasteiger partial charge in [-0.1, -0.05) is 38.1 Å². The van der Waals surface area contributed by atoms with Gasteiger partial charge >= 0.3 is 0 Å². The van der Waals surface area contributed by atoms with E-state index in [1.165, 1.54) is 11.1 Å². The predicted octanol–water partition coefficient (Wildman–Crippen LogP) is 2.99. The van der Waals surface area contributed by atoms with Crippen LogP contribution in [-0.4, -0.2) is 25.5 Å². The Hall–Kier alpha value is -2.76. The maximum atomic E-state index is 12.4. The molecular weight excluding hydrogens is 302 g/mol. The van der Waals surface area contributed by atoms with Crippen LogP contribution in [0.15, 0.2) is 42.7 Å². The average Bonchev–Trinajstić information content (AvgIpc) is 3.28. The van der Waals surface area contributed by atoms with E-state index in [1.807, 2.05) is 0 Å². The van der Waals surface area contributed by atoms with Gasteiger partial charge in [0.2, 0.25) is 5.91 Å². The summed E-state index contributed by atoms with van der Waals surface area (Å²) >= 11 is 0. The Balaban J connectivity index is 1.43. The monoisotopic (exact) mass is 321 g/mol. The Labute approximate surface area is 139 Å². The number of benzene rings is 1. The molecule has 4 rings (SSSR count). The smallest absolute Gasteiger partial charge is 0.253 e. The van der Waals surface area contributed by atoms with E-state index in [9.17, 15) is 4.79 Å². The summed E-state index contributed by atoms with van der Waals surface area (Å²) in [5, 5.41) is 7.00. The first kappa shape index (κ1) is 14.8. The summed E-state index contributed by atoms with van der Waals surface area (Å²) in [6.07, 6.45) is 4.27. The molecule has 1 aliphatic rings. The second-order valence-electron chi connectivity index (χ2n) is 6.56. The van der Waals surface area contributed by atoms with Crippen LogP contribution in [0.25, 0.3) is 5.78 Å². The fourth-order valence-electron chi connectivity index (χ4n) is 2.97. The minimum Gasteiger partial charge on any atom is -0.293 e. The van der Waals surface area contributed by atoms with Crippen molar-refractivity contribution in [3.63, 3.8) is 0 Å². The lowest BCUT2D eigenvalue weighted by molar-refractivity contribution is -0.117. The van der Waals surface area contributed by atoms with E-state index < -0.39 is 0 Å². The molecule has 0 spiro atoms. The first-order valence-corrected chi connectivity index (χ1v) is 8.20. The van der Waals surface area contributed by atoms with Crippen LogP contribution in [0.1, 0.15) is 43.2 Å². The molecular formula is C18H19N5O. The number of aromatic nitrogens is 4. The number of rotatable bonds is 4. The zero-order valence-electron chi connectivity index (χ0n) is 13.7. The third kappa shape index (κ3) is 2.75. The van der Waals surface area contributed by atoms with Crippen molar-refractivity contribution in [1.82, 2.24) is 19.6 Å². The number of fused-ring (bicyclic) bond motifs is 1. The highest BCUT2D eigenvalue weighted by molar-refractivity contribution is 5.94. The largest absolute Gasteiger partial charge is 0.293 e. The molecule has 6 nitrogen and oxygen atoms in total. The molecule has 0 radical (unpaired) electrons. The molecule has 24 heavy (non-hydrogen) atoms. The van der Waals surface area contributed by atoms with E-state index in [4.69, 9.17) is 0 Å². The van der Waals surface area contributed by atoms with Crippen LogP contribution in [0.4, 0.5) is 5.95 Å². The lowest BCUT2D eigenvalue weighted by Gasteiger charge is -2.06. The van der Waals surface area contributed by atoms with Crippen LogP contribution in [0.3, 0.4) is 0 Å². The number of nitrogens with one attached hydrogen (secondary N) is 1. The number of carbonyl (C=O) groups is 1. The Morgan fingerprint density at radius 1 is 1.29 bits per heavy atom. The first-order valence-electron chi connectivity index (χ1n) is 8.20. The maximum Gasteiger partial charge on any atom is 0.253 e. The molecule has 2 atom stereocenters. The number of amides is 1. The molecule has 6 heteroatoms. The maximum absolute atomic E-state index is 12.4. The fraction of sp³-hybridized carbons (Fsp3) is 0.333. The Morgan fingerprint density at radius 2 is 2.08 bits per heavy atom. The van der Waals surface area contributed by atoms with Crippen molar-refractivity contribution in [1.29, 1.82) is 0 Å². The Bertz CT molecular complexity index is 851. The quantitative estimate of drug-likeness (QED) is 0.802. The van der Waals surface area contributed by atoms with Crippen molar-refractivity contribution in [2.75, 3.05) is 5.32 Å². The number of carbonyl (C=O) groups excluding carboxylic acids is 1. The van der Waals surface area contributed by atoms with E-state index in [1.54, 1.807) is 23.0 Å². The van der Waals surface area contributed by atoms with Crippen molar-refractivity contribution >= 4 is 17.6 Å². The van der Waals surface area contributed by atoms with Crippen LogP contribution in [-0.2, 0) is 4.79 Å². The topological polar surface area (TPSA) is 72.2 Å². The second-order valence-corrected chi connectivity index (χ2v) is 6.56. The van der Waals surface area contributed by atoms with Crippen LogP contribution < -0.4 is 5.32 Å². The van der Waals surface area contributed by atoms with Gasteiger partial charge < -0.3 is 0 Å². The highest BCUT2D eigenvalue weighted by atomic mass is 16.2. The molecule has 0 saturated heterocycles. The van der Waals surface area contributed by atoms with Gasteiger partial charge in [0, 0.05) is 18.3 Å². The third-order valence-corrected chi connectivity index (χ3v) is 4.51. The van der Waals surface area contributed by atoms with Crippen molar-refractivity contribution < 1.29 is 4.79 Å². The second kappa shape index (κ2) is 5.70. The molecule has 0 unspecified atom stereocenters. The lowest BCUT2D eigenvalue weighted by atomic mass is 10.00. The molecule has 2 aromatic heterocycles. The van der Waals surface area contributed by atoms with E-state index in [0.29, 0.717) is 23.6 Å². The molecule has 122 valence electrons. The molecule has 1 fully saturated rings. The zero-order valence-corrected chi connectivity index (χ0v) is 13.7. The van der Waals surface area contributed by atoms with Gasteiger partial charge in [-0.3, -0.25) is 10.1 Å². The van der Waals surface area contributed by atoms with Gasteiger partial charge in [-0.05, 0) is 35.4 Å². The van der Waals surface area contributed by atoms with Crippen molar-refractivity contribution in [3.05, 3.63) is 53.9 Å². The molecule has 2 heterocycles. The number of hydrogen-bond donors (Lipinski definition) is 1. The SMILES string of the molecule is CC(C)c1ccc([C@@H]2C[C@H]2C(=O)Nc2nc3ncccn3n2)cc1. The Morgan fingerprint density at radius 3 is 2.79 bits per heavy atom. The Kier molecular flexibility index (Phi) is 3.52. The highest BCUT2D eigenvalue weighted by Crippen LogP contribution is 2.48. The van der Waals surface area contributed by atoms with Crippen molar-refractivity contribution in [2.24, 2.45) is 5.92 Å². The minimum atomic E-state index is -0.0242. The fourth-order valence-corrected chi connectivity index (χ4v) is 2.97. The van der Waals surface area contributed by atoms with Gasteiger partial charge in [0.05, 0.1) is 0 Å². The van der Waals surface area contributed by atoms with Gasteiger partial charge in [-0.15, -0.1) is 5.10 Å². The zero-order chi connectivity index (χ0) is 16.7. The molecule has 1 aliphatic carbocycles. The van der Waals surface area contributed by atoms with Crippen molar-refractivity contribution in [3.8, 4) is 0 Å². The molecule has 0 aliphatic heterocycles. The summed E-state index contributed by atoms with van der Waals surface area (Å²) in [6.45, 7) is 4.36. The predicted molar refractivity (Wildman–Crippen MR) is 90.8 cm³/mol. The molecule has 1 N–H and O–H groups in total. The standard InChI is InChI=1S/C18H19N5O/c1-11(2)12-4-6-13(7-5-12)14-10-15(14)16(24)20-17-21-18-19-8-3-9-23(18)22-17/h3-9,11,14-15H,10H2,1-2H3,(H,20,22,24)/t14-,15+/m0/s1. The van der Waals surface area contributed by atoms with Crippen molar-refractivity contribution in [2.45, 2.75) is 32.1 Å². The number of nitrogens with zero attached hydrogens (tertiary/aromatic N) is 4. The number of hydrogen-bond acceptors (Lipinski definition) is 4.